The van der Waals surface area contributed by atoms with E-state index in [9.17, 15) is 13.6 Å². The fourth-order valence-electron chi connectivity index (χ4n) is 2.49. The van der Waals surface area contributed by atoms with Crippen LogP contribution in [0.15, 0.2) is 12.1 Å². The standard InChI is InChI=1S/C13H13ClF2N4O/c14-6-1-5-2-9(19-12(5)11(16)10(6)15)13(21)20-3-7(17)8(18)4-20/h1-2,7-8,19H,3-4,17-18H2/t7-,8-/m0/s1. The van der Waals surface area contributed by atoms with Gasteiger partial charge in [-0.15, -0.1) is 0 Å². The van der Waals surface area contributed by atoms with Crippen molar-refractivity contribution in [3.63, 3.8) is 0 Å². The van der Waals surface area contributed by atoms with Crippen molar-refractivity contribution in [2.24, 2.45) is 11.5 Å². The smallest absolute Gasteiger partial charge is 0.270 e. The highest BCUT2D eigenvalue weighted by molar-refractivity contribution is 6.31. The Bertz CT molecular complexity index is 723. The zero-order valence-electron chi connectivity index (χ0n) is 10.9. The number of halogens is 3. The topological polar surface area (TPSA) is 88.1 Å². The van der Waals surface area contributed by atoms with Crippen LogP contribution < -0.4 is 11.5 Å². The molecular weight excluding hydrogens is 302 g/mol. The maximum atomic E-state index is 13.8. The zero-order chi connectivity index (χ0) is 15.3. The molecule has 1 aliphatic rings. The second kappa shape index (κ2) is 4.94. The maximum Gasteiger partial charge on any atom is 0.270 e. The SMILES string of the molecule is N[C@H]1CN(C(=O)c2cc3cc(Cl)c(F)c(F)c3[nH]2)C[C@@H]1N. The number of hydrogen-bond donors (Lipinski definition) is 3. The van der Waals surface area contributed by atoms with Crippen LogP contribution in [0.2, 0.25) is 5.02 Å². The normalized spacial score (nSPS) is 22.2. The molecule has 1 aromatic heterocycles. The second-order valence-corrected chi connectivity index (χ2v) is 5.58. The molecule has 0 spiro atoms. The number of fused-ring (bicyclic) bond motifs is 1. The van der Waals surface area contributed by atoms with E-state index in [4.69, 9.17) is 23.1 Å². The molecule has 1 aromatic carbocycles. The van der Waals surface area contributed by atoms with E-state index in [1.165, 1.54) is 17.0 Å². The van der Waals surface area contributed by atoms with Crippen molar-refractivity contribution in [3.8, 4) is 0 Å². The number of nitrogens with zero attached hydrogens (tertiary/aromatic N) is 1. The maximum absolute atomic E-state index is 13.8. The van der Waals surface area contributed by atoms with Gasteiger partial charge >= 0.3 is 0 Å². The van der Waals surface area contributed by atoms with Gasteiger partial charge in [0, 0.05) is 30.6 Å². The Balaban J connectivity index is 1.98. The van der Waals surface area contributed by atoms with Gasteiger partial charge in [0.2, 0.25) is 0 Å². The van der Waals surface area contributed by atoms with Crippen molar-refractivity contribution >= 4 is 28.4 Å². The summed E-state index contributed by atoms with van der Waals surface area (Å²) in [5.74, 6) is -2.60. The Morgan fingerprint density at radius 2 is 1.86 bits per heavy atom. The summed E-state index contributed by atoms with van der Waals surface area (Å²) < 4.78 is 27.2. The lowest BCUT2D eigenvalue weighted by atomic mass is 10.2. The second-order valence-electron chi connectivity index (χ2n) is 5.17. The molecule has 8 heteroatoms. The number of aromatic nitrogens is 1. The highest BCUT2D eigenvalue weighted by Gasteiger charge is 2.31. The van der Waals surface area contributed by atoms with Gasteiger partial charge in [-0.2, -0.15) is 0 Å². The van der Waals surface area contributed by atoms with Crippen LogP contribution in [-0.4, -0.2) is 41.0 Å². The molecule has 112 valence electrons. The third kappa shape index (κ3) is 2.27. The minimum absolute atomic E-state index is 0.0898. The molecule has 21 heavy (non-hydrogen) atoms. The average molecular weight is 315 g/mol. The van der Waals surface area contributed by atoms with E-state index in [1.807, 2.05) is 0 Å². The summed E-state index contributed by atoms with van der Waals surface area (Å²) in [4.78, 5) is 16.4. The lowest BCUT2D eigenvalue weighted by Crippen LogP contribution is -2.39. The molecule has 1 aliphatic heterocycles. The first kappa shape index (κ1) is 14.2. The number of carbonyl (C=O) groups excluding carboxylic acids is 1. The van der Waals surface area contributed by atoms with E-state index in [-0.39, 0.29) is 34.2 Å². The summed E-state index contributed by atoms with van der Waals surface area (Å²) >= 11 is 5.59. The van der Waals surface area contributed by atoms with Crippen LogP contribution in [0.3, 0.4) is 0 Å². The lowest BCUT2D eigenvalue weighted by molar-refractivity contribution is 0.0784. The Morgan fingerprint density at radius 1 is 1.24 bits per heavy atom. The number of nitrogens with one attached hydrogen (secondary N) is 1. The van der Waals surface area contributed by atoms with E-state index in [1.54, 1.807) is 0 Å². The van der Waals surface area contributed by atoms with Crippen molar-refractivity contribution in [2.45, 2.75) is 12.1 Å². The molecule has 2 atom stereocenters. The van der Waals surface area contributed by atoms with Gasteiger partial charge in [0.15, 0.2) is 11.6 Å². The van der Waals surface area contributed by atoms with Crippen LogP contribution in [0.1, 0.15) is 10.5 Å². The van der Waals surface area contributed by atoms with E-state index in [0.717, 1.165) is 0 Å². The van der Waals surface area contributed by atoms with E-state index in [2.05, 4.69) is 4.98 Å². The monoisotopic (exact) mass is 314 g/mol. The van der Waals surface area contributed by atoms with Crippen LogP contribution in [0.4, 0.5) is 8.78 Å². The van der Waals surface area contributed by atoms with Crippen LogP contribution in [0, 0.1) is 11.6 Å². The molecule has 0 radical (unpaired) electrons. The number of carbonyl (C=O) groups is 1. The minimum Gasteiger partial charge on any atom is -0.348 e. The molecule has 5 nitrogen and oxygen atoms in total. The fourth-order valence-corrected chi connectivity index (χ4v) is 2.69. The van der Waals surface area contributed by atoms with Gasteiger partial charge in [-0.25, -0.2) is 8.78 Å². The predicted molar refractivity (Wildman–Crippen MR) is 75.1 cm³/mol. The summed E-state index contributed by atoms with van der Waals surface area (Å²) in [5, 5.41) is -0.00161. The third-order valence-corrected chi connectivity index (χ3v) is 3.96. The number of likely N-dealkylation sites (tertiary alicyclic amines) is 1. The quantitative estimate of drug-likeness (QED) is 0.691. The number of rotatable bonds is 1. The van der Waals surface area contributed by atoms with E-state index < -0.39 is 11.6 Å². The van der Waals surface area contributed by atoms with Crippen molar-refractivity contribution in [3.05, 3.63) is 34.5 Å². The van der Waals surface area contributed by atoms with Gasteiger partial charge in [0.25, 0.3) is 5.91 Å². The van der Waals surface area contributed by atoms with Gasteiger partial charge < -0.3 is 21.4 Å². The number of aromatic amines is 1. The number of nitrogens with two attached hydrogens (primary N) is 2. The average Bonchev–Trinajstić information content (AvgIpc) is 3.00. The molecule has 0 bridgehead atoms. The molecule has 2 heterocycles. The molecule has 5 N–H and O–H groups in total. The van der Waals surface area contributed by atoms with Gasteiger partial charge in [0.05, 0.1) is 10.5 Å². The van der Waals surface area contributed by atoms with E-state index >= 15 is 0 Å². The van der Waals surface area contributed by atoms with Gasteiger partial charge in [-0.05, 0) is 12.1 Å². The van der Waals surface area contributed by atoms with Crippen molar-refractivity contribution < 1.29 is 13.6 Å². The predicted octanol–water partition coefficient (Wildman–Crippen LogP) is 1.21. The van der Waals surface area contributed by atoms with Crippen molar-refractivity contribution in [1.82, 2.24) is 9.88 Å². The number of benzene rings is 1. The van der Waals surface area contributed by atoms with Crippen LogP contribution in [0.25, 0.3) is 10.9 Å². The highest BCUT2D eigenvalue weighted by atomic mass is 35.5. The first-order valence-corrected chi connectivity index (χ1v) is 6.73. The molecule has 2 aromatic rings. The largest absolute Gasteiger partial charge is 0.348 e. The molecule has 1 amide bonds. The molecule has 1 fully saturated rings. The zero-order valence-corrected chi connectivity index (χ0v) is 11.6. The Hall–Kier alpha value is -1.70. The fraction of sp³-hybridized carbons (Fsp3) is 0.308. The lowest BCUT2D eigenvalue weighted by Gasteiger charge is -2.14. The summed E-state index contributed by atoms with van der Waals surface area (Å²) in [5.41, 5.74) is 11.6. The Kier molecular flexibility index (Phi) is 3.35. The summed E-state index contributed by atoms with van der Waals surface area (Å²) in [6, 6.07) is 2.12. The first-order valence-electron chi connectivity index (χ1n) is 6.35. The number of hydrogen-bond acceptors (Lipinski definition) is 3. The summed E-state index contributed by atoms with van der Waals surface area (Å²) in [7, 11) is 0. The molecule has 0 saturated carbocycles. The van der Waals surface area contributed by atoms with Crippen LogP contribution in [0.5, 0.6) is 0 Å². The number of H-pyrrole nitrogens is 1. The van der Waals surface area contributed by atoms with Gasteiger partial charge in [-0.1, -0.05) is 11.6 Å². The molecule has 0 unspecified atom stereocenters. The molecular formula is C13H13ClF2N4O. The van der Waals surface area contributed by atoms with E-state index in [0.29, 0.717) is 18.5 Å². The minimum atomic E-state index is -1.14. The van der Waals surface area contributed by atoms with Crippen molar-refractivity contribution in [1.29, 1.82) is 0 Å². The van der Waals surface area contributed by atoms with Gasteiger partial charge in [-0.3, -0.25) is 4.79 Å². The first-order chi connectivity index (χ1) is 9.88. The molecule has 1 saturated heterocycles. The third-order valence-electron chi connectivity index (χ3n) is 3.68. The highest BCUT2D eigenvalue weighted by Crippen LogP contribution is 2.27. The van der Waals surface area contributed by atoms with Crippen LogP contribution in [-0.2, 0) is 0 Å². The summed E-state index contributed by atoms with van der Waals surface area (Å²) in [6.45, 7) is 0.653. The molecule has 0 aliphatic carbocycles. The Morgan fingerprint density at radius 3 is 2.48 bits per heavy atom. The molecule has 3 rings (SSSR count). The Labute approximate surface area is 123 Å². The summed E-state index contributed by atoms with van der Waals surface area (Å²) in [6.07, 6.45) is 0. The van der Waals surface area contributed by atoms with Crippen LogP contribution >= 0.6 is 11.6 Å². The van der Waals surface area contributed by atoms with Crippen molar-refractivity contribution in [2.75, 3.05) is 13.1 Å². The number of amides is 1. The van der Waals surface area contributed by atoms with Gasteiger partial charge in [0.1, 0.15) is 5.69 Å².